The number of H-pyrrole nitrogens is 1. The van der Waals surface area contributed by atoms with Gasteiger partial charge in [0.1, 0.15) is 5.65 Å². The molecule has 4 fully saturated rings. The zero-order valence-electron chi connectivity index (χ0n) is 15.4. The van der Waals surface area contributed by atoms with Crippen LogP contribution in [0.3, 0.4) is 0 Å². The summed E-state index contributed by atoms with van der Waals surface area (Å²) in [5, 5.41) is 17.3. The van der Waals surface area contributed by atoms with Crippen LogP contribution in [0.2, 0.25) is 6.82 Å². The zero-order chi connectivity index (χ0) is 17.6. The Bertz CT molecular complexity index is 921. The van der Waals surface area contributed by atoms with Crippen molar-refractivity contribution in [2.24, 2.45) is 28.8 Å². The molecule has 0 spiro atoms. The molecule has 0 amide bonds. The summed E-state index contributed by atoms with van der Waals surface area (Å²) in [5.74, 6) is 2.34. The molecule has 4 bridgehead atoms. The van der Waals surface area contributed by atoms with Gasteiger partial charge in [-0.05, 0) is 61.4 Å². The Hall–Kier alpha value is -1.82. The maximum absolute atomic E-state index is 11.0. The molecule has 2 aromatic rings. The van der Waals surface area contributed by atoms with Crippen molar-refractivity contribution in [3.8, 4) is 0 Å². The minimum atomic E-state index is -0.397. The van der Waals surface area contributed by atoms with E-state index in [1.165, 1.54) is 35.0 Å². The minimum absolute atomic E-state index is 0.238. The summed E-state index contributed by atoms with van der Waals surface area (Å²) >= 11 is 0. The minimum Gasteiger partial charge on any atom is -0.390 e. The molecule has 2 aromatic heterocycles. The van der Waals surface area contributed by atoms with E-state index in [0.29, 0.717) is 17.8 Å². The SMILES string of the molecule is CB1c2cnc3[nH]ccc3c2C(C2[C@H]3CC4C[C@H]2CC(O)(C4)C3)=NN1C. The van der Waals surface area contributed by atoms with Gasteiger partial charge in [-0.1, -0.05) is 6.82 Å². The van der Waals surface area contributed by atoms with E-state index < -0.39 is 5.60 Å². The van der Waals surface area contributed by atoms with E-state index in [0.717, 1.165) is 30.8 Å². The Balaban J connectivity index is 1.53. The lowest BCUT2D eigenvalue weighted by molar-refractivity contribution is -0.138. The van der Waals surface area contributed by atoms with Crippen molar-refractivity contribution >= 4 is 29.1 Å². The number of fused-ring (bicyclic) bond motifs is 3. The van der Waals surface area contributed by atoms with Crippen molar-refractivity contribution in [3.63, 3.8) is 0 Å². The summed E-state index contributed by atoms with van der Waals surface area (Å²) in [6.45, 7) is 2.44. The standard InChI is InChI=1S/C20H25BN4O/c1-21-15-10-23-19-14(3-4-22-19)17(15)18(24-25(21)2)16-12-5-11-6-13(16)9-20(26,7-11)8-12/h3-4,10-13,16,26H,5-9H2,1-2H3,(H,22,23)/t11?,12-,13-,16?,20?/m0/s1. The normalized spacial score (nSPS) is 38.0. The molecule has 5 aliphatic rings. The van der Waals surface area contributed by atoms with Crippen molar-refractivity contribution in [1.29, 1.82) is 0 Å². The lowest BCUT2D eigenvalue weighted by Crippen LogP contribution is -2.58. The average molecular weight is 348 g/mol. The molecule has 0 saturated heterocycles. The van der Waals surface area contributed by atoms with Crippen molar-refractivity contribution in [3.05, 3.63) is 24.0 Å². The van der Waals surface area contributed by atoms with Crippen LogP contribution in [0, 0.1) is 23.7 Å². The fraction of sp³-hybridized carbons (Fsp3) is 0.600. The van der Waals surface area contributed by atoms with E-state index in [4.69, 9.17) is 5.10 Å². The Morgan fingerprint density at radius 2 is 2.04 bits per heavy atom. The first kappa shape index (κ1) is 15.3. The molecule has 134 valence electrons. The average Bonchev–Trinajstić information content (AvgIpc) is 3.05. The van der Waals surface area contributed by atoms with Crippen LogP contribution in [-0.4, -0.2) is 45.2 Å². The largest absolute Gasteiger partial charge is 0.390 e. The van der Waals surface area contributed by atoms with Crippen molar-refractivity contribution in [1.82, 2.24) is 14.9 Å². The molecule has 4 aliphatic carbocycles. The summed E-state index contributed by atoms with van der Waals surface area (Å²) in [4.78, 5) is 10.0. The molecule has 6 heteroatoms. The zero-order valence-corrected chi connectivity index (χ0v) is 15.4. The maximum Gasteiger partial charge on any atom is 0.307 e. The second-order valence-corrected chi connectivity index (χ2v) is 9.28. The second kappa shape index (κ2) is 4.91. The number of hydrazone groups is 1. The Kier molecular flexibility index (Phi) is 2.89. The Morgan fingerprint density at radius 1 is 1.27 bits per heavy atom. The molecular weight excluding hydrogens is 323 g/mol. The topological polar surface area (TPSA) is 64.5 Å². The summed E-state index contributed by atoms with van der Waals surface area (Å²) in [6, 6.07) is 2.15. The fourth-order valence-corrected chi connectivity index (χ4v) is 6.79. The van der Waals surface area contributed by atoms with Gasteiger partial charge in [-0.25, -0.2) is 4.98 Å². The van der Waals surface area contributed by atoms with Gasteiger partial charge in [0.15, 0.2) is 0 Å². The highest BCUT2D eigenvalue weighted by Crippen LogP contribution is 2.59. The van der Waals surface area contributed by atoms with Crippen LogP contribution in [-0.2, 0) is 0 Å². The number of rotatable bonds is 1. The van der Waals surface area contributed by atoms with Crippen LogP contribution in [0.4, 0.5) is 0 Å². The van der Waals surface area contributed by atoms with Gasteiger partial charge in [0.05, 0.1) is 11.3 Å². The molecule has 5 nitrogen and oxygen atoms in total. The highest BCUT2D eigenvalue weighted by molar-refractivity contribution is 6.71. The highest BCUT2D eigenvalue weighted by atomic mass is 16.3. The summed E-state index contributed by atoms with van der Waals surface area (Å²) in [7, 11) is 2.08. The second-order valence-electron chi connectivity index (χ2n) is 9.28. The molecule has 2 atom stereocenters. The molecule has 1 aliphatic heterocycles. The molecule has 2 N–H and O–H groups in total. The first-order valence-electron chi connectivity index (χ1n) is 10.0. The van der Waals surface area contributed by atoms with E-state index in [-0.39, 0.29) is 6.85 Å². The number of hydrogen-bond acceptors (Lipinski definition) is 4. The lowest BCUT2D eigenvalue weighted by Gasteiger charge is -2.58. The van der Waals surface area contributed by atoms with Crippen LogP contribution in [0.1, 0.15) is 37.7 Å². The smallest absolute Gasteiger partial charge is 0.307 e. The van der Waals surface area contributed by atoms with Crippen LogP contribution >= 0.6 is 0 Å². The first-order chi connectivity index (χ1) is 12.5. The quantitative estimate of drug-likeness (QED) is 0.777. The third-order valence-electron chi connectivity index (χ3n) is 7.70. The number of nitrogens with zero attached hydrogens (tertiary/aromatic N) is 3. The van der Waals surface area contributed by atoms with Crippen LogP contribution in [0.25, 0.3) is 11.0 Å². The van der Waals surface area contributed by atoms with Crippen LogP contribution < -0.4 is 5.46 Å². The Labute approximate surface area is 154 Å². The molecule has 26 heavy (non-hydrogen) atoms. The number of hydrogen-bond donors (Lipinski definition) is 2. The summed E-state index contributed by atoms with van der Waals surface area (Å²) < 4.78 is 0. The molecule has 7 rings (SSSR count). The fourth-order valence-electron chi connectivity index (χ4n) is 6.79. The van der Waals surface area contributed by atoms with Gasteiger partial charge in [0.2, 0.25) is 0 Å². The molecular formula is C20H25BN4O. The van der Waals surface area contributed by atoms with E-state index in [1.54, 1.807) is 0 Å². The maximum atomic E-state index is 11.0. The van der Waals surface area contributed by atoms with Gasteiger partial charge in [-0.15, -0.1) is 0 Å². The van der Waals surface area contributed by atoms with Crippen molar-refractivity contribution in [2.75, 3.05) is 7.05 Å². The predicted molar refractivity (Wildman–Crippen MR) is 104 cm³/mol. The number of nitrogens with one attached hydrogen (secondary N) is 1. The van der Waals surface area contributed by atoms with Crippen molar-refractivity contribution in [2.45, 2.75) is 44.5 Å². The predicted octanol–water partition coefficient (Wildman–Crippen LogP) is 2.23. The van der Waals surface area contributed by atoms with Gasteiger partial charge in [0, 0.05) is 36.3 Å². The third kappa shape index (κ3) is 1.91. The number of aromatic amines is 1. The monoisotopic (exact) mass is 348 g/mol. The van der Waals surface area contributed by atoms with E-state index in [1.807, 2.05) is 12.4 Å². The van der Waals surface area contributed by atoms with Crippen molar-refractivity contribution < 1.29 is 5.11 Å². The number of pyridine rings is 1. The van der Waals surface area contributed by atoms with Crippen LogP contribution in [0.15, 0.2) is 23.6 Å². The molecule has 0 unspecified atom stereocenters. The molecule has 3 heterocycles. The van der Waals surface area contributed by atoms with E-state index in [2.05, 4.69) is 34.8 Å². The van der Waals surface area contributed by atoms with Crippen LogP contribution in [0.5, 0.6) is 0 Å². The summed E-state index contributed by atoms with van der Waals surface area (Å²) in [6.07, 6.45) is 9.49. The van der Waals surface area contributed by atoms with Gasteiger partial charge < -0.3 is 15.0 Å². The van der Waals surface area contributed by atoms with Gasteiger partial charge >= 0.3 is 6.85 Å². The lowest BCUT2D eigenvalue weighted by atomic mass is 9.47. The summed E-state index contributed by atoms with van der Waals surface area (Å²) in [5.41, 5.74) is 4.41. The van der Waals surface area contributed by atoms with E-state index >= 15 is 0 Å². The number of aromatic nitrogens is 2. The van der Waals surface area contributed by atoms with Gasteiger partial charge in [0.25, 0.3) is 0 Å². The molecule has 0 radical (unpaired) electrons. The first-order valence-corrected chi connectivity index (χ1v) is 10.0. The van der Waals surface area contributed by atoms with E-state index in [9.17, 15) is 5.11 Å². The van der Waals surface area contributed by atoms with Gasteiger partial charge in [-0.3, -0.25) is 0 Å². The Morgan fingerprint density at radius 3 is 2.77 bits per heavy atom. The molecule has 4 saturated carbocycles. The molecule has 0 aromatic carbocycles. The highest BCUT2D eigenvalue weighted by Gasteiger charge is 2.56. The van der Waals surface area contributed by atoms with Gasteiger partial charge in [-0.2, -0.15) is 5.10 Å². The third-order valence-corrected chi connectivity index (χ3v) is 7.70. The number of aliphatic hydroxyl groups is 1.